The number of carbonyl (C=O) groups is 1. The van der Waals surface area contributed by atoms with E-state index in [1.54, 1.807) is 52.9 Å². The van der Waals surface area contributed by atoms with Gasteiger partial charge in [-0.1, -0.05) is 6.58 Å². The van der Waals surface area contributed by atoms with E-state index < -0.39 is 5.82 Å². The lowest BCUT2D eigenvalue weighted by Crippen LogP contribution is -2.41. The summed E-state index contributed by atoms with van der Waals surface area (Å²) in [6.45, 7) is 6.28. The predicted octanol–water partition coefficient (Wildman–Crippen LogP) is 4.62. The molecule has 1 amide bonds. The molecule has 0 spiro atoms. The summed E-state index contributed by atoms with van der Waals surface area (Å²) >= 11 is 0. The van der Waals surface area contributed by atoms with Crippen LogP contribution < -0.4 is 19.5 Å². The van der Waals surface area contributed by atoms with Gasteiger partial charge in [0.2, 0.25) is 5.91 Å². The van der Waals surface area contributed by atoms with Crippen molar-refractivity contribution in [3.8, 4) is 23.1 Å². The first kappa shape index (κ1) is 26.9. The van der Waals surface area contributed by atoms with Crippen molar-refractivity contribution < 1.29 is 23.4 Å². The van der Waals surface area contributed by atoms with Gasteiger partial charge in [-0.2, -0.15) is 5.10 Å². The van der Waals surface area contributed by atoms with E-state index in [4.69, 9.17) is 14.2 Å². The third-order valence-electron chi connectivity index (χ3n) is 7.04. The quantitative estimate of drug-likeness (QED) is 0.264. The highest BCUT2D eigenvalue weighted by Gasteiger charge is 2.25. The molecular weight excluding hydrogens is 543 g/mol. The number of hydrogen-bond donors (Lipinski definition) is 1. The first-order valence-corrected chi connectivity index (χ1v) is 13.2. The summed E-state index contributed by atoms with van der Waals surface area (Å²) in [4.78, 5) is 31.1. The number of aromatic nitrogens is 6. The minimum absolute atomic E-state index is 0.0989. The van der Waals surface area contributed by atoms with Crippen LogP contribution in [0.4, 0.5) is 15.9 Å². The normalized spacial score (nSPS) is 13.7. The van der Waals surface area contributed by atoms with Gasteiger partial charge in [-0.25, -0.2) is 28.8 Å². The zero-order valence-corrected chi connectivity index (χ0v) is 23.0. The Kier molecular flexibility index (Phi) is 7.21. The number of likely N-dealkylation sites (tertiary alicyclic amines) is 1. The average molecular weight is 571 g/mol. The molecule has 0 aliphatic carbocycles. The molecule has 1 aliphatic heterocycles. The Balaban J connectivity index is 1.24. The van der Waals surface area contributed by atoms with E-state index in [9.17, 15) is 4.79 Å². The largest absolute Gasteiger partial charge is 0.491 e. The Labute approximate surface area is 239 Å². The summed E-state index contributed by atoms with van der Waals surface area (Å²) < 4.78 is 34.8. The molecule has 0 radical (unpaired) electrons. The minimum Gasteiger partial charge on any atom is -0.491 e. The fourth-order valence-electron chi connectivity index (χ4n) is 4.74. The van der Waals surface area contributed by atoms with Gasteiger partial charge in [-0.05, 0) is 31.2 Å². The van der Waals surface area contributed by atoms with Gasteiger partial charge in [0.05, 0.1) is 18.3 Å². The van der Waals surface area contributed by atoms with Crippen LogP contribution in [0.15, 0.2) is 61.8 Å². The number of ether oxygens (including phenoxy) is 3. The van der Waals surface area contributed by atoms with Crippen molar-refractivity contribution in [2.45, 2.75) is 25.9 Å². The van der Waals surface area contributed by atoms with Gasteiger partial charge in [0.15, 0.2) is 23.0 Å². The highest BCUT2D eigenvalue weighted by atomic mass is 19.1. The summed E-state index contributed by atoms with van der Waals surface area (Å²) in [5.74, 6) is 1.22. The first-order chi connectivity index (χ1) is 20.4. The molecule has 6 rings (SSSR count). The lowest BCUT2D eigenvalue weighted by Gasteiger charge is -2.31. The molecular formula is C29H27FN8O4. The zero-order valence-electron chi connectivity index (χ0n) is 23.0. The Morgan fingerprint density at radius 3 is 2.74 bits per heavy atom. The van der Waals surface area contributed by atoms with Gasteiger partial charge in [0.1, 0.15) is 35.8 Å². The van der Waals surface area contributed by atoms with Crippen LogP contribution in [-0.4, -0.2) is 66.7 Å². The number of fused-ring (bicyclic) bond motifs is 2. The molecule has 4 aromatic heterocycles. The highest BCUT2D eigenvalue weighted by Crippen LogP contribution is 2.35. The van der Waals surface area contributed by atoms with Gasteiger partial charge in [0, 0.05) is 49.8 Å². The summed E-state index contributed by atoms with van der Waals surface area (Å²) in [6.07, 6.45) is 6.92. The monoisotopic (exact) mass is 570 g/mol. The molecule has 5 heterocycles. The second kappa shape index (κ2) is 11.3. The number of amides is 1. The number of benzene rings is 1. The molecule has 1 fully saturated rings. The molecule has 1 N–H and O–H groups in total. The van der Waals surface area contributed by atoms with Crippen LogP contribution in [0.25, 0.3) is 16.7 Å². The van der Waals surface area contributed by atoms with Gasteiger partial charge in [-0.3, -0.25) is 4.79 Å². The number of carbonyl (C=O) groups excluding carboxylic acids is 1. The van der Waals surface area contributed by atoms with E-state index in [-0.39, 0.29) is 23.6 Å². The maximum absolute atomic E-state index is 15.6. The van der Waals surface area contributed by atoms with Crippen LogP contribution in [0.3, 0.4) is 0 Å². The summed E-state index contributed by atoms with van der Waals surface area (Å²) in [5, 5.41) is 7.11. The fraction of sp³-hybridized carbons (Fsp3) is 0.241. The third kappa shape index (κ3) is 5.23. The third-order valence-corrected chi connectivity index (χ3v) is 7.04. The van der Waals surface area contributed by atoms with Crippen molar-refractivity contribution in [3.63, 3.8) is 0 Å². The molecule has 42 heavy (non-hydrogen) atoms. The van der Waals surface area contributed by atoms with Crippen molar-refractivity contribution >= 4 is 34.1 Å². The topological polar surface area (TPSA) is 129 Å². The van der Waals surface area contributed by atoms with Crippen LogP contribution in [0.1, 0.15) is 18.4 Å². The predicted molar refractivity (Wildman–Crippen MR) is 152 cm³/mol. The molecule has 0 saturated carbocycles. The fourth-order valence-corrected chi connectivity index (χ4v) is 4.74. The van der Waals surface area contributed by atoms with Crippen LogP contribution in [0, 0.1) is 12.7 Å². The van der Waals surface area contributed by atoms with Crippen LogP contribution in [-0.2, 0) is 4.79 Å². The minimum atomic E-state index is -0.506. The summed E-state index contributed by atoms with van der Waals surface area (Å²) in [7, 11) is 1.52. The number of nitrogens with zero attached hydrogens (tertiary/aromatic N) is 7. The lowest BCUT2D eigenvalue weighted by molar-refractivity contribution is -0.127. The SMILES string of the molecule is C=CC(=O)N1CCC(Oc2nc3c(Nc4ccc(Oc5ccn6ncnc6c5)c(C)c4F)ncnc3cc2OC)CC1. The maximum Gasteiger partial charge on any atom is 0.258 e. The molecule has 1 saturated heterocycles. The summed E-state index contributed by atoms with van der Waals surface area (Å²) in [6, 6.07) is 8.38. The van der Waals surface area contributed by atoms with Gasteiger partial charge >= 0.3 is 0 Å². The number of nitrogens with one attached hydrogen (secondary N) is 1. The molecule has 13 heteroatoms. The molecule has 0 bridgehead atoms. The molecule has 214 valence electrons. The number of anilines is 2. The molecule has 1 aliphatic rings. The van der Waals surface area contributed by atoms with Crippen molar-refractivity contribution in [1.29, 1.82) is 0 Å². The van der Waals surface area contributed by atoms with Crippen molar-refractivity contribution in [2.24, 2.45) is 0 Å². The Morgan fingerprint density at radius 2 is 1.95 bits per heavy atom. The van der Waals surface area contributed by atoms with Crippen molar-refractivity contribution in [1.82, 2.24) is 34.4 Å². The smallest absolute Gasteiger partial charge is 0.258 e. The standard InChI is InChI=1S/C29H27FN8O4/c1-4-25(39)37-10-7-18(8-11-37)42-29-23(40-3)14-21-27(36-29)28(33-15-31-21)35-20-5-6-22(17(2)26(20)30)41-19-9-12-38-24(13-19)32-16-34-38/h4-6,9,12-16,18H,1,7-8,10-11H2,2-3H3,(H,31,33,35). The maximum atomic E-state index is 15.6. The number of rotatable bonds is 8. The second-order valence-corrected chi connectivity index (χ2v) is 9.63. The Morgan fingerprint density at radius 1 is 1.12 bits per heavy atom. The van der Waals surface area contributed by atoms with E-state index in [2.05, 4.69) is 36.9 Å². The average Bonchev–Trinajstić information content (AvgIpc) is 3.49. The van der Waals surface area contributed by atoms with Crippen LogP contribution >= 0.6 is 0 Å². The first-order valence-electron chi connectivity index (χ1n) is 13.2. The number of methoxy groups -OCH3 is 1. The van der Waals surface area contributed by atoms with E-state index in [0.717, 1.165) is 0 Å². The van der Waals surface area contributed by atoms with Crippen LogP contribution in [0.5, 0.6) is 23.1 Å². The Bertz CT molecular complexity index is 1800. The number of hydrogen-bond acceptors (Lipinski definition) is 10. The second-order valence-electron chi connectivity index (χ2n) is 9.63. The number of halogens is 1. The van der Waals surface area contributed by atoms with Crippen molar-refractivity contribution in [2.75, 3.05) is 25.5 Å². The van der Waals surface area contributed by atoms with E-state index in [1.807, 2.05) is 0 Å². The van der Waals surface area contributed by atoms with Crippen molar-refractivity contribution in [3.05, 3.63) is 73.2 Å². The molecule has 0 atom stereocenters. The van der Waals surface area contributed by atoms with E-state index in [1.165, 1.54) is 25.8 Å². The highest BCUT2D eigenvalue weighted by molar-refractivity contribution is 5.89. The van der Waals surface area contributed by atoms with E-state index >= 15 is 4.39 Å². The summed E-state index contributed by atoms with van der Waals surface area (Å²) in [5.41, 5.74) is 1.97. The molecule has 5 aromatic rings. The van der Waals surface area contributed by atoms with Crippen LogP contribution in [0.2, 0.25) is 0 Å². The van der Waals surface area contributed by atoms with Gasteiger partial charge in [-0.15, -0.1) is 0 Å². The Hall–Kier alpha value is -5.33. The number of piperidine rings is 1. The van der Waals surface area contributed by atoms with Gasteiger partial charge in [0.25, 0.3) is 5.88 Å². The van der Waals surface area contributed by atoms with E-state index in [0.29, 0.717) is 71.2 Å². The molecule has 0 unspecified atom stereocenters. The zero-order chi connectivity index (χ0) is 29.2. The lowest BCUT2D eigenvalue weighted by atomic mass is 10.1. The molecule has 1 aromatic carbocycles. The molecule has 12 nitrogen and oxygen atoms in total. The number of pyridine rings is 2. The van der Waals surface area contributed by atoms with Gasteiger partial charge < -0.3 is 24.4 Å².